The van der Waals surface area contributed by atoms with Gasteiger partial charge in [-0.2, -0.15) is 0 Å². The fourth-order valence-corrected chi connectivity index (χ4v) is 2.04. The van der Waals surface area contributed by atoms with E-state index >= 15 is 0 Å². The van der Waals surface area contributed by atoms with E-state index in [0.29, 0.717) is 27.5 Å². The summed E-state index contributed by atoms with van der Waals surface area (Å²) < 4.78 is 0. The Bertz CT molecular complexity index is 552. The number of halogens is 2. The van der Waals surface area contributed by atoms with Crippen molar-refractivity contribution in [1.82, 2.24) is 4.98 Å². The molecule has 1 aromatic heterocycles. The number of hydrogen-bond donors (Lipinski definition) is 0. The second-order valence-electron chi connectivity index (χ2n) is 3.23. The van der Waals surface area contributed by atoms with Gasteiger partial charge in [-0.25, -0.2) is 4.98 Å². The lowest BCUT2D eigenvalue weighted by molar-refractivity contribution is 0.111. The van der Waals surface area contributed by atoms with Crippen LogP contribution in [0.3, 0.4) is 0 Å². The fourth-order valence-electron chi connectivity index (χ4n) is 1.54. The number of aromatic nitrogens is 1. The summed E-state index contributed by atoms with van der Waals surface area (Å²) in [6, 6.07) is 5.09. The third kappa shape index (κ3) is 1.71. The van der Waals surface area contributed by atoms with Crippen LogP contribution in [0.25, 0.3) is 10.9 Å². The molecule has 0 aliphatic carbocycles. The number of rotatable bonds is 1. The number of hydrogen-bond acceptors (Lipinski definition) is 2. The van der Waals surface area contributed by atoms with Crippen molar-refractivity contribution in [1.29, 1.82) is 0 Å². The first-order valence-electron chi connectivity index (χ1n) is 4.34. The topological polar surface area (TPSA) is 30.0 Å². The Labute approximate surface area is 96.8 Å². The van der Waals surface area contributed by atoms with E-state index in [1.807, 2.05) is 6.92 Å². The third-order valence-corrected chi connectivity index (χ3v) is 2.82. The molecule has 0 spiro atoms. The predicted molar refractivity (Wildman–Crippen MR) is 61.9 cm³/mol. The van der Waals surface area contributed by atoms with Gasteiger partial charge in [0.2, 0.25) is 0 Å². The standard InChI is InChI=1S/C11H7Cl2NO/c1-6-4-7(5-15)14-11-9(13)3-2-8(12)10(6)11/h2-5H,1H3. The summed E-state index contributed by atoms with van der Waals surface area (Å²) in [5, 5.41) is 1.90. The molecule has 0 aliphatic heterocycles. The van der Waals surface area contributed by atoms with Crippen LogP contribution in [0.2, 0.25) is 10.0 Å². The lowest BCUT2D eigenvalue weighted by Gasteiger charge is -2.06. The number of aldehydes is 1. The summed E-state index contributed by atoms with van der Waals surface area (Å²) in [7, 11) is 0. The first kappa shape index (κ1) is 10.4. The highest BCUT2D eigenvalue weighted by molar-refractivity contribution is 6.40. The summed E-state index contributed by atoms with van der Waals surface area (Å²) in [4.78, 5) is 14.8. The van der Waals surface area contributed by atoms with Gasteiger partial charge in [0.05, 0.1) is 15.6 Å². The Morgan fingerprint density at radius 3 is 2.60 bits per heavy atom. The molecule has 0 unspecified atom stereocenters. The molecule has 2 nitrogen and oxygen atoms in total. The lowest BCUT2D eigenvalue weighted by Crippen LogP contribution is -1.92. The molecule has 0 bridgehead atoms. The van der Waals surface area contributed by atoms with Gasteiger partial charge >= 0.3 is 0 Å². The van der Waals surface area contributed by atoms with Crippen molar-refractivity contribution in [2.75, 3.05) is 0 Å². The average molecular weight is 240 g/mol. The molecule has 2 rings (SSSR count). The maximum Gasteiger partial charge on any atom is 0.168 e. The first-order chi connectivity index (χ1) is 7.13. The predicted octanol–water partition coefficient (Wildman–Crippen LogP) is 3.66. The lowest BCUT2D eigenvalue weighted by atomic mass is 10.1. The Morgan fingerprint density at radius 1 is 1.27 bits per heavy atom. The zero-order valence-corrected chi connectivity index (χ0v) is 9.43. The molecule has 0 atom stereocenters. The normalized spacial score (nSPS) is 10.6. The average Bonchev–Trinajstić information content (AvgIpc) is 2.23. The molecule has 0 radical (unpaired) electrons. The van der Waals surface area contributed by atoms with Crippen molar-refractivity contribution >= 4 is 40.4 Å². The van der Waals surface area contributed by atoms with Crippen molar-refractivity contribution in [3.05, 3.63) is 39.5 Å². The van der Waals surface area contributed by atoms with E-state index in [4.69, 9.17) is 23.2 Å². The van der Waals surface area contributed by atoms with E-state index in [0.717, 1.165) is 10.9 Å². The van der Waals surface area contributed by atoms with Gasteiger partial charge in [-0.3, -0.25) is 4.79 Å². The molecule has 1 aromatic carbocycles. The molecule has 0 aliphatic rings. The second kappa shape index (κ2) is 3.80. The van der Waals surface area contributed by atoms with Crippen molar-refractivity contribution in [3.63, 3.8) is 0 Å². The van der Waals surface area contributed by atoms with Crippen LogP contribution in [-0.4, -0.2) is 11.3 Å². The van der Waals surface area contributed by atoms with Crippen LogP contribution in [0.5, 0.6) is 0 Å². The highest BCUT2D eigenvalue weighted by Crippen LogP contribution is 2.30. The molecule has 1 heterocycles. The molecule has 0 saturated heterocycles. The van der Waals surface area contributed by atoms with Crippen LogP contribution in [0.15, 0.2) is 18.2 Å². The number of benzene rings is 1. The maximum absolute atomic E-state index is 10.7. The van der Waals surface area contributed by atoms with Gasteiger partial charge < -0.3 is 0 Å². The molecule has 4 heteroatoms. The minimum absolute atomic E-state index is 0.365. The van der Waals surface area contributed by atoms with E-state index in [-0.39, 0.29) is 0 Å². The summed E-state index contributed by atoms with van der Waals surface area (Å²) in [6.07, 6.45) is 0.698. The van der Waals surface area contributed by atoms with Gasteiger partial charge in [0, 0.05) is 5.39 Å². The van der Waals surface area contributed by atoms with Crippen LogP contribution in [0.4, 0.5) is 0 Å². The van der Waals surface area contributed by atoms with E-state index in [2.05, 4.69) is 4.98 Å². The Kier molecular flexibility index (Phi) is 2.63. The monoisotopic (exact) mass is 239 g/mol. The summed E-state index contributed by atoms with van der Waals surface area (Å²) in [5.41, 5.74) is 1.84. The molecule has 0 fully saturated rings. The molecule has 0 amide bonds. The van der Waals surface area contributed by atoms with Crippen LogP contribution >= 0.6 is 23.2 Å². The quantitative estimate of drug-likeness (QED) is 0.712. The summed E-state index contributed by atoms with van der Waals surface area (Å²) >= 11 is 12.0. The smallest absolute Gasteiger partial charge is 0.168 e. The van der Waals surface area contributed by atoms with Gasteiger partial charge in [0.25, 0.3) is 0 Å². The third-order valence-electron chi connectivity index (χ3n) is 2.20. The second-order valence-corrected chi connectivity index (χ2v) is 4.05. The molecule has 76 valence electrons. The molecule has 0 N–H and O–H groups in total. The molecular formula is C11H7Cl2NO. The molecule has 15 heavy (non-hydrogen) atoms. The number of fused-ring (bicyclic) bond motifs is 1. The van der Waals surface area contributed by atoms with Gasteiger partial charge in [-0.1, -0.05) is 23.2 Å². The highest BCUT2D eigenvalue weighted by atomic mass is 35.5. The van der Waals surface area contributed by atoms with E-state index < -0.39 is 0 Å². The van der Waals surface area contributed by atoms with Crippen LogP contribution in [-0.2, 0) is 0 Å². The van der Waals surface area contributed by atoms with E-state index in [1.54, 1.807) is 18.2 Å². The zero-order valence-electron chi connectivity index (χ0n) is 7.92. The van der Waals surface area contributed by atoms with Crippen molar-refractivity contribution in [3.8, 4) is 0 Å². The Balaban J connectivity index is 2.96. The number of pyridine rings is 1. The van der Waals surface area contributed by atoms with Crippen LogP contribution < -0.4 is 0 Å². The van der Waals surface area contributed by atoms with Gasteiger partial charge in [-0.15, -0.1) is 0 Å². The highest BCUT2D eigenvalue weighted by Gasteiger charge is 2.09. The van der Waals surface area contributed by atoms with Crippen molar-refractivity contribution < 1.29 is 4.79 Å². The number of carbonyl (C=O) groups is 1. The zero-order chi connectivity index (χ0) is 11.0. The SMILES string of the molecule is Cc1cc(C=O)nc2c(Cl)ccc(Cl)c12. The van der Waals surface area contributed by atoms with E-state index in [9.17, 15) is 4.79 Å². The largest absolute Gasteiger partial charge is 0.296 e. The van der Waals surface area contributed by atoms with Gasteiger partial charge in [0.1, 0.15) is 5.69 Å². The Hall–Kier alpha value is -1.12. The minimum atomic E-state index is 0.365. The molecule has 0 saturated carbocycles. The number of nitrogens with zero attached hydrogens (tertiary/aromatic N) is 1. The number of carbonyl (C=O) groups excluding carboxylic acids is 1. The summed E-state index contributed by atoms with van der Waals surface area (Å²) in [5.74, 6) is 0. The number of aryl methyl sites for hydroxylation is 1. The van der Waals surface area contributed by atoms with Crippen molar-refractivity contribution in [2.45, 2.75) is 6.92 Å². The fraction of sp³-hybridized carbons (Fsp3) is 0.0909. The minimum Gasteiger partial charge on any atom is -0.296 e. The van der Waals surface area contributed by atoms with Gasteiger partial charge in [-0.05, 0) is 30.7 Å². The first-order valence-corrected chi connectivity index (χ1v) is 5.09. The van der Waals surface area contributed by atoms with Crippen LogP contribution in [0, 0.1) is 6.92 Å². The summed E-state index contributed by atoms with van der Waals surface area (Å²) in [6.45, 7) is 1.87. The van der Waals surface area contributed by atoms with Gasteiger partial charge in [0.15, 0.2) is 6.29 Å². The Morgan fingerprint density at radius 2 is 1.93 bits per heavy atom. The van der Waals surface area contributed by atoms with Crippen molar-refractivity contribution in [2.24, 2.45) is 0 Å². The van der Waals surface area contributed by atoms with Crippen LogP contribution in [0.1, 0.15) is 16.1 Å². The molecular weight excluding hydrogens is 233 g/mol. The van der Waals surface area contributed by atoms with E-state index in [1.165, 1.54) is 0 Å². The maximum atomic E-state index is 10.7. The molecule has 2 aromatic rings.